The average Bonchev–Trinajstić information content (AvgIpc) is 3.24. The van der Waals surface area contributed by atoms with Crippen molar-refractivity contribution in [1.29, 1.82) is 0 Å². The number of amides is 1. The first-order chi connectivity index (χ1) is 19.1. The van der Waals surface area contributed by atoms with Crippen LogP contribution in [-0.2, 0) is 18.0 Å². The Morgan fingerprint density at radius 2 is 1.69 bits per heavy atom. The highest BCUT2D eigenvalue weighted by molar-refractivity contribution is 5.95. The molecule has 9 heteroatoms. The number of piperidine rings is 1. The molecule has 1 fully saturated rings. The summed E-state index contributed by atoms with van der Waals surface area (Å²) in [5.41, 5.74) is 2.35. The number of aromatic hydroxyl groups is 1. The van der Waals surface area contributed by atoms with Gasteiger partial charge in [0.25, 0.3) is 11.5 Å². The first kappa shape index (κ1) is 24.7. The lowest BCUT2D eigenvalue weighted by Gasteiger charge is -2.27. The number of likely N-dealkylation sites (tertiary alicyclic amines) is 1. The summed E-state index contributed by atoms with van der Waals surface area (Å²) in [5.74, 6) is -0.657. The van der Waals surface area contributed by atoms with Crippen LogP contribution in [0.4, 0.5) is 5.69 Å². The first-order valence-corrected chi connectivity index (χ1v) is 13.1. The molecule has 9 nitrogen and oxygen atoms in total. The maximum absolute atomic E-state index is 13.5. The van der Waals surface area contributed by atoms with E-state index in [1.54, 1.807) is 18.3 Å². The Bertz CT molecular complexity index is 1750. The molecule has 2 aromatic carbocycles. The van der Waals surface area contributed by atoms with Crippen molar-refractivity contribution < 1.29 is 9.90 Å². The summed E-state index contributed by atoms with van der Waals surface area (Å²) in [6, 6.07) is 22.3. The van der Waals surface area contributed by atoms with Crippen LogP contribution < -0.4 is 5.56 Å². The Hall–Kier alpha value is -4.63. The van der Waals surface area contributed by atoms with Gasteiger partial charge in [0.05, 0.1) is 12.2 Å². The third kappa shape index (κ3) is 4.84. The minimum Gasteiger partial charge on any atom is -0.493 e. The number of fused-ring (bicyclic) bond motifs is 2. The number of benzene rings is 2. The standard InChI is InChI=1S/C30H28N6O3/c37-26(19-35-28-22(12-9-15-31-28)18-24(29(35)38)21-10-3-1-4-11-21)32-33-27-23-13-5-6-14-25(23)36(30(27)39)20-34-16-7-2-8-17-34/h1,3-6,9-15,18,39H,2,7-8,16-17,19-20H2. The molecule has 0 spiro atoms. The second-order valence-electron chi connectivity index (χ2n) is 9.76. The third-order valence-electron chi connectivity index (χ3n) is 7.20. The number of nitrogens with zero attached hydrogens (tertiary/aromatic N) is 6. The zero-order chi connectivity index (χ0) is 26.8. The number of carbonyl (C=O) groups excluding carboxylic acids is 1. The maximum Gasteiger partial charge on any atom is 0.284 e. The second-order valence-corrected chi connectivity index (χ2v) is 9.76. The van der Waals surface area contributed by atoms with Gasteiger partial charge in [0.2, 0.25) is 5.88 Å². The smallest absolute Gasteiger partial charge is 0.284 e. The molecule has 0 saturated carbocycles. The normalized spacial score (nSPS) is 14.5. The summed E-state index contributed by atoms with van der Waals surface area (Å²) in [6.45, 7) is 2.15. The van der Waals surface area contributed by atoms with E-state index < -0.39 is 5.91 Å². The van der Waals surface area contributed by atoms with Crippen LogP contribution in [0.2, 0.25) is 0 Å². The topological polar surface area (TPSA) is 105 Å². The summed E-state index contributed by atoms with van der Waals surface area (Å²) < 4.78 is 3.14. The zero-order valence-electron chi connectivity index (χ0n) is 21.4. The number of aromatic nitrogens is 3. The highest BCUT2D eigenvalue weighted by atomic mass is 16.3. The first-order valence-electron chi connectivity index (χ1n) is 13.1. The summed E-state index contributed by atoms with van der Waals surface area (Å²) in [6.07, 6.45) is 5.07. The van der Waals surface area contributed by atoms with E-state index in [0.29, 0.717) is 23.3 Å². The summed E-state index contributed by atoms with van der Waals surface area (Å²) in [7, 11) is 0. The lowest BCUT2D eigenvalue weighted by molar-refractivity contribution is -0.118. The Morgan fingerprint density at radius 1 is 0.923 bits per heavy atom. The molecule has 1 aliphatic rings. The molecule has 0 unspecified atom stereocenters. The van der Waals surface area contributed by atoms with E-state index in [2.05, 4.69) is 20.1 Å². The highest BCUT2D eigenvalue weighted by Crippen LogP contribution is 2.39. The monoisotopic (exact) mass is 520 g/mol. The van der Waals surface area contributed by atoms with Gasteiger partial charge in [0.15, 0.2) is 5.69 Å². The Morgan fingerprint density at radius 3 is 2.51 bits per heavy atom. The van der Waals surface area contributed by atoms with Gasteiger partial charge in [0, 0.05) is 22.5 Å². The van der Waals surface area contributed by atoms with E-state index in [-0.39, 0.29) is 23.7 Å². The van der Waals surface area contributed by atoms with E-state index in [0.717, 1.165) is 42.4 Å². The van der Waals surface area contributed by atoms with Crippen LogP contribution >= 0.6 is 0 Å². The molecular formula is C30H28N6O3. The van der Waals surface area contributed by atoms with Gasteiger partial charge in [-0.15, -0.1) is 10.2 Å². The molecule has 4 heterocycles. The van der Waals surface area contributed by atoms with Crippen molar-refractivity contribution in [3.05, 3.63) is 89.3 Å². The molecule has 0 atom stereocenters. The number of pyridine rings is 2. The van der Waals surface area contributed by atoms with E-state index in [9.17, 15) is 14.7 Å². The quantitative estimate of drug-likeness (QED) is 0.299. The summed E-state index contributed by atoms with van der Waals surface area (Å²) >= 11 is 0. The van der Waals surface area contributed by atoms with Crippen LogP contribution in [0, 0.1) is 0 Å². The molecule has 0 aliphatic carbocycles. The predicted molar refractivity (Wildman–Crippen MR) is 150 cm³/mol. The number of carbonyl (C=O) groups is 1. The predicted octanol–water partition coefficient (Wildman–Crippen LogP) is 5.48. The zero-order valence-corrected chi connectivity index (χ0v) is 21.4. The molecule has 1 amide bonds. The fraction of sp³-hybridized carbons (Fsp3) is 0.233. The van der Waals surface area contributed by atoms with Crippen LogP contribution in [0.1, 0.15) is 19.3 Å². The Kier molecular flexibility index (Phi) is 6.73. The van der Waals surface area contributed by atoms with Gasteiger partial charge in [-0.05, 0) is 55.8 Å². The van der Waals surface area contributed by atoms with Crippen molar-refractivity contribution in [1.82, 2.24) is 19.0 Å². The average molecular weight is 521 g/mol. The van der Waals surface area contributed by atoms with E-state index in [4.69, 9.17) is 0 Å². The number of para-hydroxylation sites is 1. The van der Waals surface area contributed by atoms with Crippen molar-refractivity contribution in [3.63, 3.8) is 0 Å². The number of hydrogen-bond donors (Lipinski definition) is 1. The maximum atomic E-state index is 13.5. The molecule has 1 aliphatic heterocycles. The van der Waals surface area contributed by atoms with Crippen molar-refractivity contribution >= 4 is 33.5 Å². The largest absolute Gasteiger partial charge is 0.493 e. The summed E-state index contributed by atoms with van der Waals surface area (Å²) in [5, 5.41) is 20.6. The molecule has 5 aromatic rings. The van der Waals surface area contributed by atoms with Crippen LogP contribution in [0.15, 0.2) is 94.0 Å². The SMILES string of the molecule is O=C(Cn1c(=O)c(-c2ccccc2)cc2cccnc21)N=Nc1c(O)n(CN2CCCCC2)c2ccccc12. The molecule has 39 heavy (non-hydrogen) atoms. The Labute approximate surface area is 224 Å². The summed E-state index contributed by atoms with van der Waals surface area (Å²) in [4.78, 5) is 33.2. The molecular weight excluding hydrogens is 492 g/mol. The number of azo groups is 1. The third-order valence-corrected chi connectivity index (χ3v) is 7.20. The van der Waals surface area contributed by atoms with Gasteiger partial charge < -0.3 is 5.11 Å². The van der Waals surface area contributed by atoms with Gasteiger partial charge in [-0.3, -0.25) is 23.6 Å². The lowest BCUT2D eigenvalue weighted by atomic mass is 10.1. The fourth-order valence-electron chi connectivity index (χ4n) is 5.26. The van der Waals surface area contributed by atoms with Gasteiger partial charge in [-0.25, -0.2) is 4.98 Å². The van der Waals surface area contributed by atoms with Crippen LogP contribution in [0.3, 0.4) is 0 Å². The van der Waals surface area contributed by atoms with Gasteiger partial charge in [0.1, 0.15) is 12.2 Å². The van der Waals surface area contributed by atoms with Crippen molar-refractivity contribution in [2.75, 3.05) is 13.1 Å². The molecule has 1 N–H and O–H groups in total. The number of rotatable bonds is 6. The minimum absolute atomic E-state index is 0.0336. The minimum atomic E-state index is -0.624. The highest BCUT2D eigenvalue weighted by Gasteiger charge is 2.20. The fourth-order valence-corrected chi connectivity index (χ4v) is 5.26. The van der Waals surface area contributed by atoms with Crippen molar-refractivity contribution in [3.8, 4) is 17.0 Å². The number of hydrogen-bond acceptors (Lipinski definition) is 6. The van der Waals surface area contributed by atoms with E-state index in [1.807, 2.05) is 65.2 Å². The van der Waals surface area contributed by atoms with Crippen molar-refractivity contribution in [2.45, 2.75) is 32.5 Å². The molecule has 3 aromatic heterocycles. The lowest BCUT2D eigenvalue weighted by Crippen LogP contribution is -2.31. The molecule has 196 valence electrons. The molecule has 1 saturated heterocycles. The van der Waals surface area contributed by atoms with Gasteiger partial charge in [-0.1, -0.05) is 55.0 Å². The van der Waals surface area contributed by atoms with Crippen molar-refractivity contribution in [2.24, 2.45) is 10.2 Å². The van der Waals surface area contributed by atoms with Crippen LogP contribution in [-0.4, -0.2) is 43.1 Å². The second kappa shape index (κ2) is 10.6. The van der Waals surface area contributed by atoms with Gasteiger partial charge in [-0.2, -0.15) is 0 Å². The van der Waals surface area contributed by atoms with E-state index >= 15 is 0 Å². The van der Waals surface area contributed by atoms with E-state index in [1.165, 1.54) is 11.0 Å². The Balaban J connectivity index is 1.33. The van der Waals surface area contributed by atoms with Crippen LogP contribution in [0.25, 0.3) is 33.1 Å². The van der Waals surface area contributed by atoms with Gasteiger partial charge >= 0.3 is 0 Å². The van der Waals surface area contributed by atoms with Crippen LogP contribution in [0.5, 0.6) is 5.88 Å². The molecule has 6 rings (SSSR count). The molecule has 0 radical (unpaired) electrons. The molecule has 0 bridgehead atoms.